The van der Waals surface area contributed by atoms with Crippen molar-refractivity contribution in [3.05, 3.63) is 67.7 Å². The monoisotopic (exact) mass is 496 g/mol. The maximum Gasteiger partial charge on any atom is 0.341 e. The molecule has 0 spiro atoms. The first-order chi connectivity index (χ1) is 16.2. The lowest BCUT2D eigenvalue weighted by Gasteiger charge is -2.18. The van der Waals surface area contributed by atoms with Crippen molar-refractivity contribution in [2.24, 2.45) is 5.92 Å². The van der Waals surface area contributed by atoms with Crippen molar-refractivity contribution in [2.75, 3.05) is 10.6 Å². The number of para-hydroxylation sites is 1. The lowest BCUT2D eigenvalue weighted by Crippen LogP contribution is -2.18. The molecule has 6 nitrogen and oxygen atoms in total. The third-order valence-electron chi connectivity index (χ3n) is 5.80. The number of rotatable bonds is 6. The van der Waals surface area contributed by atoms with E-state index in [0.717, 1.165) is 36.2 Å². The number of amides is 2. The van der Waals surface area contributed by atoms with Gasteiger partial charge in [-0.1, -0.05) is 25.1 Å². The second kappa shape index (κ2) is 10.1. The van der Waals surface area contributed by atoms with Crippen LogP contribution in [0, 0.1) is 12.8 Å². The molecule has 0 bridgehead atoms. The molecule has 0 aliphatic heterocycles. The summed E-state index contributed by atoms with van der Waals surface area (Å²) in [5.41, 5.74) is 3.11. The van der Waals surface area contributed by atoms with Gasteiger partial charge in [0.2, 0.25) is 0 Å². The molecular weight excluding hydrogens is 468 g/mol. The highest BCUT2D eigenvalue weighted by Crippen LogP contribution is 2.37. The summed E-state index contributed by atoms with van der Waals surface area (Å²) in [5, 5.41) is 7.99. The van der Waals surface area contributed by atoms with Crippen molar-refractivity contribution in [2.45, 2.75) is 53.1 Å². The van der Waals surface area contributed by atoms with E-state index in [4.69, 9.17) is 4.74 Å². The van der Waals surface area contributed by atoms with E-state index in [1.165, 1.54) is 4.88 Å². The Morgan fingerprint density at radius 2 is 1.82 bits per heavy atom. The Morgan fingerprint density at radius 1 is 1.09 bits per heavy atom. The van der Waals surface area contributed by atoms with Gasteiger partial charge in [0.15, 0.2) is 0 Å². The van der Waals surface area contributed by atoms with Gasteiger partial charge >= 0.3 is 5.97 Å². The van der Waals surface area contributed by atoms with Crippen LogP contribution in [-0.2, 0) is 17.6 Å². The molecule has 0 fully saturated rings. The van der Waals surface area contributed by atoms with Gasteiger partial charge in [0, 0.05) is 15.9 Å². The maximum atomic E-state index is 13.3. The average molecular weight is 497 g/mol. The fourth-order valence-corrected chi connectivity index (χ4v) is 6.41. The van der Waals surface area contributed by atoms with Crippen molar-refractivity contribution in [3.8, 4) is 0 Å². The zero-order valence-corrected chi connectivity index (χ0v) is 21.3. The molecule has 2 amide bonds. The predicted octanol–water partition coefficient (Wildman–Crippen LogP) is 6.31. The van der Waals surface area contributed by atoms with Crippen molar-refractivity contribution in [3.63, 3.8) is 0 Å². The van der Waals surface area contributed by atoms with Crippen LogP contribution in [0.3, 0.4) is 0 Å². The number of hydrogen-bond acceptors (Lipinski definition) is 6. The Hall–Kier alpha value is -2.97. The molecule has 178 valence electrons. The maximum absolute atomic E-state index is 13.3. The molecule has 34 heavy (non-hydrogen) atoms. The van der Waals surface area contributed by atoms with E-state index in [-0.39, 0.29) is 23.5 Å². The van der Waals surface area contributed by atoms with E-state index in [1.54, 1.807) is 44.2 Å². The van der Waals surface area contributed by atoms with Crippen LogP contribution in [0.2, 0.25) is 0 Å². The van der Waals surface area contributed by atoms with E-state index in [2.05, 4.69) is 17.6 Å². The summed E-state index contributed by atoms with van der Waals surface area (Å²) >= 11 is 2.71. The third-order valence-corrected chi connectivity index (χ3v) is 8.06. The summed E-state index contributed by atoms with van der Waals surface area (Å²) in [6.45, 7) is 7.46. The first-order valence-electron chi connectivity index (χ1n) is 11.4. The number of carbonyl (C=O) groups excluding carboxylic acids is 3. The van der Waals surface area contributed by atoms with Gasteiger partial charge in [-0.25, -0.2) is 4.79 Å². The van der Waals surface area contributed by atoms with Gasteiger partial charge in [-0.05, 0) is 69.2 Å². The Kier molecular flexibility index (Phi) is 7.19. The van der Waals surface area contributed by atoms with Crippen molar-refractivity contribution in [1.29, 1.82) is 0 Å². The van der Waals surface area contributed by atoms with E-state index >= 15 is 0 Å². The molecule has 1 atom stereocenters. The first kappa shape index (κ1) is 24.2. The van der Waals surface area contributed by atoms with Gasteiger partial charge in [-0.2, -0.15) is 0 Å². The highest BCUT2D eigenvalue weighted by Gasteiger charge is 2.29. The quantitative estimate of drug-likeness (QED) is 0.392. The molecule has 2 N–H and O–H groups in total. The normalized spacial score (nSPS) is 15.0. The molecule has 3 aromatic rings. The van der Waals surface area contributed by atoms with Crippen LogP contribution in [0.1, 0.15) is 73.6 Å². The zero-order valence-electron chi connectivity index (χ0n) is 19.7. The highest BCUT2D eigenvalue weighted by molar-refractivity contribution is 7.19. The Balaban J connectivity index is 1.65. The Bertz CT molecular complexity index is 1230. The number of anilines is 2. The smallest absolute Gasteiger partial charge is 0.341 e. The summed E-state index contributed by atoms with van der Waals surface area (Å²) in [7, 11) is 0. The standard InChI is InChI=1S/C26H28N2O4S2/c1-14(2)32-26(31)21-16(4)22(24(30)27-17-8-6-5-7-9-17)34-25(21)28-23(29)19-13-33-20-12-15(3)10-11-18(19)20/h5-9,13-15H,10-12H2,1-4H3,(H,27,30)(H,28,29)/t15-/m1/s1. The van der Waals surface area contributed by atoms with Crippen molar-refractivity contribution >= 4 is 51.1 Å². The number of benzene rings is 1. The highest BCUT2D eigenvalue weighted by atomic mass is 32.1. The summed E-state index contributed by atoms with van der Waals surface area (Å²) < 4.78 is 5.43. The lowest BCUT2D eigenvalue weighted by molar-refractivity contribution is 0.0379. The summed E-state index contributed by atoms with van der Waals surface area (Å²) in [5.74, 6) is -0.541. The SMILES string of the molecule is Cc1c(C(=O)Nc2ccccc2)sc(NC(=O)c2csc3c2CC[C@@H](C)C3)c1C(=O)OC(C)C. The largest absolute Gasteiger partial charge is 0.459 e. The molecule has 1 aromatic carbocycles. The molecule has 2 heterocycles. The van der Waals surface area contributed by atoms with E-state index in [0.29, 0.717) is 32.6 Å². The van der Waals surface area contributed by atoms with E-state index in [1.807, 2.05) is 23.6 Å². The van der Waals surface area contributed by atoms with Gasteiger partial charge in [-0.3, -0.25) is 9.59 Å². The minimum atomic E-state index is -0.556. The fraction of sp³-hybridized carbons (Fsp3) is 0.346. The molecule has 0 unspecified atom stereocenters. The van der Waals surface area contributed by atoms with Crippen LogP contribution in [-0.4, -0.2) is 23.9 Å². The van der Waals surface area contributed by atoms with Crippen LogP contribution >= 0.6 is 22.7 Å². The van der Waals surface area contributed by atoms with Gasteiger partial charge in [0.1, 0.15) is 5.00 Å². The number of thiophene rings is 2. The second-order valence-electron chi connectivity index (χ2n) is 8.89. The molecule has 2 aromatic heterocycles. The van der Waals surface area contributed by atoms with E-state index < -0.39 is 5.97 Å². The number of ether oxygens (including phenoxy) is 1. The summed E-state index contributed by atoms with van der Waals surface area (Å²) in [6, 6.07) is 9.10. The summed E-state index contributed by atoms with van der Waals surface area (Å²) in [6.07, 6.45) is 2.58. The van der Waals surface area contributed by atoms with Gasteiger partial charge in [0.05, 0.1) is 22.1 Å². The Morgan fingerprint density at radius 3 is 2.53 bits per heavy atom. The second-order valence-corrected chi connectivity index (χ2v) is 10.9. The van der Waals surface area contributed by atoms with Crippen LogP contribution < -0.4 is 10.6 Å². The number of fused-ring (bicyclic) bond motifs is 1. The summed E-state index contributed by atoms with van der Waals surface area (Å²) in [4.78, 5) is 40.8. The van der Waals surface area contributed by atoms with Crippen LogP contribution in [0.5, 0.6) is 0 Å². The van der Waals surface area contributed by atoms with Crippen molar-refractivity contribution < 1.29 is 19.1 Å². The molecule has 0 radical (unpaired) electrons. The van der Waals surface area contributed by atoms with E-state index in [9.17, 15) is 14.4 Å². The minimum absolute atomic E-state index is 0.225. The van der Waals surface area contributed by atoms with Crippen LogP contribution in [0.4, 0.5) is 10.7 Å². The predicted molar refractivity (Wildman–Crippen MR) is 137 cm³/mol. The van der Waals surface area contributed by atoms with Gasteiger partial charge in [0.25, 0.3) is 11.8 Å². The molecule has 1 aliphatic carbocycles. The number of nitrogens with one attached hydrogen (secondary N) is 2. The van der Waals surface area contributed by atoms with Crippen molar-refractivity contribution in [1.82, 2.24) is 0 Å². The molecule has 1 aliphatic rings. The van der Waals surface area contributed by atoms with Crippen LogP contribution in [0.15, 0.2) is 35.7 Å². The lowest BCUT2D eigenvalue weighted by atomic mass is 9.88. The Labute approximate surface area is 207 Å². The topological polar surface area (TPSA) is 84.5 Å². The zero-order chi connectivity index (χ0) is 24.4. The van der Waals surface area contributed by atoms with Crippen LogP contribution in [0.25, 0.3) is 0 Å². The fourth-order valence-electron chi connectivity index (χ4n) is 4.08. The molecule has 4 rings (SSSR count). The molecule has 0 saturated heterocycles. The minimum Gasteiger partial charge on any atom is -0.459 e. The number of hydrogen-bond donors (Lipinski definition) is 2. The number of esters is 1. The average Bonchev–Trinajstić information content (AvgIpc) is 3.34. The van der Waals surface area contributed by atoms with Gasteiger partial charge < -0.3 is 15.4 Å². The first-order valence-corrected chi connectivity index (χ1v) is 13.1. The molecular formula is C26H28N2O4S2. The molecule has 8 heteroatoms. The van der Waals surface area contributed by atoms with Gasteiger partial charge in [-0.15, -0.1) is 22.7 Å². The molecule has 0 saturated carbocycles. The third kappa shape index (κ3) is 5.08. The number of carbonyl (C=O) groups is 3.